The van der Waals surface area contributed by atoms with Crippen LogP contribution in [0.1, 0.15) is 0 Å². The summed E-state index contributed by atoms with van der Waals surface area (Å²) >= 11 is 0. The average molecular weight is 138 g/mol. The lowest BCUT2D eigenvalue weighted by atomic mass is 10.6. The molecule has 0 radical (unpaired) electrons. The Morgan fingerprint density at radius 1 is 1.70 bits per heavy atom. The van der Waals surface area contributed by atoms with E-state index in [2.05, 4.69) is 9.98 Å². The number of nitrogen functional groups attached to an aromatic ring is 1. The third-order valence-corrected chi connectivity index (χ3v) is 1.21. The molecule has 10 heavy (non-hydrogen) atoms. The minimum atomic E-state index is 0.499. The quantitative estimate of drug-likeness (QED) is 0.527. The number of nitrogens with two attached hydrogens (primary N) is 1. The molecule has 2 N–H and O–H groups in total. The highest BCUT2D eigenvalue weighted by molar-refractivity contribution is 5.23. The number of hydrogen-bond acceptors (Lipinski definition) is 3. The van der Waals surface area contributed by atoms with Crippen molar-refractivity contribution in [1.29, 1.82) is 0 Å². The maximum atomic E-state index is 5.42. The van der Waals surface area contributed by atoms with E-state index in [9.17, 15) is 0 Å². The minimum absolute atomic E-state index is 0.499. The zero-order valence-electron chi connectivity index (χ0n) is 6.07. The Hall–Kier alpha value is -1.32. The SMILES string of the molecule is CN=c1nc(N)ccn1C. The molecule has 0 aromatic carbocycles. The number of rotatable bonds is 0. The van der Waals surface area contributed by atoms with Crippen LogP contribution >= 0.6 is 0 Å². The van der Waals surface area contributed by atoms with E-state index in [1.54, 1.807) is 17.7 Å². The zero-order valence-corrected chi connectivity index (χ0v) is 6.07. The monoisotopic (exact) mass is 138 g/mol. The molecule has 0 spiro atoms. The molecule has 0 aliphatic heterocycles. The molecular weight excluding hydrogens is 128 g/mol. The van der Waals surface area contributed by atoms with E-state index in [4.69, 9.17) is 5.73 Å². The van der Waals surface area contributed by atoms with E-state index in [0.717, 1.165) is 0 Å². The summed E-state index contributed by atoms with van der Waals surface area (Å²) in [5, 5.41) is 0. The molecule has 0 saturated carbocycles. The molecule has 0 aliphatic carbocycles. The van der Waals surface area contributed by atoms with Crippen molar-refractivity contribution in [3.8, 4) is 0 Å². The lowest BCUT2D eigenvalue weighted by Crippen LogP contribution is -2.21. The standard InChI is InChI=1S/C6H10N4/c1-8-6-9-5(7)3-4-10(6)2/h3-4H,1-2H3,(H2,7,8,9). The fourth-order valence-corrected chi connectivity index (χ4v) is 0.694. The van der Waals surface area contributed by atoms with Gasteiger partial charge in [-0.2, -0.15) is 4.98 Å². The van der Waals surface area contributed by atoms with Crippen molar-refractivity contribution in [3.63, 3.8) is 0 Å². The van der Waals surface area contributed by atoms with Gasteiger partial charge in [0.25, 0.3) is 0 Å². The lowest BCUT2D eigenvalue weighted by molar-refractivity contribution is 0.778. The van der Waals surface area contributed by atoms with Crippen LogP contribution in [0.2, 0.25) is 0 Å². The van der Waals surface area contributed by atoms with Crippen molar-refractivity contribution in [2.75, 3.05) is 12.8 Å². The second-order valence-corrected chi connectivity index (χ2v) is 1.99. The number of anilines is 1. The van der Waals surface area contributed by atoms with Gasteiger partial charge in [-0.1, -0.05) is 0 Å². The van der Waals surface area contributed by atoms with Crippen molar-refractivity contribution < 1.29 is 0 Å². The van der Waals surface area contributed by atoms with Crippen molar-refractivity contribution in [1.82, 2.24) is 9.55 Å². The first kappa shape index (κ1) is 6.80. The average Bonchev–Trinajstić information content (AvgIpc) is 1.94. The van der Waals surface area contributed by atoms with Crippen LogP contribution in [0.5, 0.6) is 0 Å². The number of aryl methyl sites for hydroxylation is 1. The van der Waals surface area contributed by atoms with Crippen LogP contribution in [-0.2, 0) is 7.05 Å². The summed E-state index contributed by atoms with van der Waals surface area (Å²) in [6.45, 7) is 0. The molecule has 0 bridgehead atoms. The Morgan fingerprint density at radius 2 is 2.40 bits per heavy atom. The van der Waals surface area contributed by atoms with E-state index in [1.807, 2.05) is 13.2 Å². The molecule has 4 heteroatoms. The number of nitrogens with zero attached hydrogens (tertiary/aromatic N) is 3. The normalized spacial score (nSPS) is 12.0. The van der Waals surface area contributed by atoms with Crippen molar-refractivity contribution in [2.45, 2.75) is 0 Å². The topological polar surface area (TPSA) is 56.2 Å². The summed E-state index contributed by atoms with van der Waals surface area (Å²) in [5.41, 5.74) is 6.06. The van der Waals surface area contributed by atoms with Gasteiger partial charge in [0.1, 0.15) is 5.82 Å². The summed E-state index contributed by atoms with van der Waals surface area (Å²) in [6.07, 6.45) is 1.82. The number of aromatic nitrogens is 2. The van der Waals surface area contributed by atoms with Crippen molar-refractivity contribution in [2.24, 2.45) is 12.0 Å². The van der Waals surface area contributed by atoms with E-state index >= 15 is 0 Å². The predicted molar refractivity (Wildman–Crippen MR) is 39.1 cm³/mol. The van der Waals surface area contributed by atoms with Gasteiger partial charge in [-0.25, -0.2) is 0 Å². The zero-order chi connectivity index (χ0) is 7.56. The first-order chi connectivity index (χ1) is 4.74. The molecule has 0 saturated heterocycles. The summed E-state index contributed by atoms with van der Waals surface area (Å²) in [5.74, 6) is 0.499. The summed E-state index contributed by atoms with van der Waals surface area (Å²) in [7, 11) is 3.55. The highest BCUT2D eigenvalue weighted by Gasteiger charge is 1.87. The smallest absolute Gasteiger partial charge is 0.226 e. The van der Waals surface area contributed by atoms with Gasteiger partial charge in [0.05, 0.1) is 0 Å². The van der Waals surface area contributed by atoms with E-state index in [-0.39, 0.29) is 0 Å². The third-order valence-electron chi connectivity index (χ3n) is 1.21. The van der Waals surface area contributed by atoms with Crippen LogP contribution in [0, 0.1) is 0 Å². The Balaban J connectivity index is 3.37. The predicted octanol–water partition coefficient (Wildman–Crippen LogP) is -0.467. The van der Waals surface area contributed by atoms with Crippen LogP contribution in [0.15, 0.2) is 17.3 Å². The van der Waals surface area contributed by atoms with E-state index in [0.29, 0.717) is 11.4 Å². The largest absolute Gasteiger partial charge is 0.384 e. The van der Waals surface area contributed by atoms with Gasteiger partial charge in [0.15, 0.2) is 0 Å². The van der Waals surface area contributed by atoms with Crippen LogP contribution in [0.4, 0.5) is 5.82 Å². The summed E-state index contributed by atoms with van der Waals surface area (Å²) in [4.78, 5) is 7.87. The first-order valence-electron chi connectivity index (χ1n) is 2.96. The molecule has 0 fully saturated rings. The van der Waals surface area contributed by atoms with Crippen LogP contribution in [-0.4, -0.2) is 16.6 Å². The van der Waals surface area contributed by atoms with Crippen molar-refractivity contribution in [3.05, 3.63) is 17.9 Å². The molecule has 0 atom stereocenters. The molecule has 54 valence electrons. The summed E-state index contributed by atoms with van der Waals surface area (Å²) < 4.78 is 1.80. The van der Waals surface area contributed by atoms with Crippen LogP contribution < -0.4 is 11.4 Å². The molecule has 1 aromatic heterocycles. The Labute approximate surface area is 59.0 Å². The van der Waals surface area contributed by atoms with Crippen LogP contribution in [0.3, 0.4) is 0 Å². The molecule has 4 nitrogen and oxygen atoms in total. The van der Waals surface area contributed by atoms with Gasteiger partial charge in [0, 0.05) is 20.3 Å². The van der Waals surface area contributed by atoms with Gasteiger partial charge in [-0.3, -0.25) is 4.99 Å². The van der Waals surface area contributed by atoms with Gasteiger partial charge >= 0.3 is 0 Å². The highest BCUT2D eigenvalue weighted by Crippen LogP contribution is 1.86. The molecule has 0 aliphatic rings. The minimum Gasteiger partial charge on any atom is -0.384 e. The van der Waals surface area contributed by atoms with Gasteiger partial charge < -0.3 is 10.3 Å². The maximum Gasteiger partial charge on any atom is 0.226 e. The second-order valence-electron chi connectivity index (χ2n) is 1.99. The molecule has 1 heterocycles. The van der Waals surface area contributed by atoms with Gasteiger partial charge in [0.2, 0.25) is 5.62 Å². The van der Waals surface area contributed by atoms with Crippen LogP contribution in [0.25, 0.3) is 0 Å². The molecule has 1 rings (SSSR count). The molecule has 0 unspecified atom stereocenters. The highest BCUT2D eigenvalue weighted by atomic mass is 15.1. The Morgan fingerprint density at radius 3 is 2.90 bits per heavy atom. The fraction of sp³-hybridized carbons (Fsp3) is 0.333. The lowest BCUT2D eigenvalue weighted by Gasteiger charge is -1.97. The van der Waals surface area contributed by atoms with Crippen molar-refractivity contribution >= 4 is 5.82 Å². The summed E-state index contributed by atoms with van der Waals surface area (Å²) in [6, 6.07) is 1.73. The van der Waals surface area contributed by atoms with E-state index in [1.165, 1.54) is 0 Å². The maximum absolute atomic E-state index is 5.42. The number of hydrogen-bond donors (Lipinski definition) is 1. The second kappa shape index (κ2) is 2.51. The first-order valence-corrected chi connectivity index (χ1v) is 2.96. The third kappa shape index (κ3) is 1.15. The van der Waals surface area contributed by atoms with E-state index < -0.39 is 0 Å². The van der Waals surface area contributed by atoms with Gasteiger partial charge in [-0.15, -0.1) is 0 Å². The molecule has 1 aromatic rings. The van der Waals surface area contributed by atoms with Gasteiger partial charge in [-0.05, 0) is 6.07 Å². The Bertz CT molecular complexity index is 286. The fourth-order valence-electron chi connectivity index (χ4n) is 0.694. The molecule has 0 amide bonds. The Kier molecular flexibility index (Phi) is 1.71. The molecular formula is C6H10N4.